The summed E-state index contributed by atoms with van der Waals surface area (Å²) in [7, 11) is 0. The van der Waals surface area contributed by atoms with Crippen molar-refractivity contribution in [2.45, 2.75) is 84.8 Å². The summed E-state index contributed by atoms with van der Waals surface area (Å²) in [6, 6.07) is 3.44. The van der Waals surface area contributed by atoms with Crippen LogP contribution in [-0.2, 0) is 6.54 Å². The number of hydrogen-bond acceptors (Lipinski definition) is 4. The number of nitrogens with one attached hydrogen (secondary N) is 2. The van der Waals surface area contributed by atoms with Crippen LogP contribution in [-0.4, -0.2) is 47.7 Å². The van der Waals surface area contributed by atoms with Gasteiger partial charge in [-0.05, 0) is 46.5 Å². The first kappa shape index (κ1) is 20.7. The van der Waals surface area contributed by atoms with Gasteiger partial charge in [0.2, 0.25) is 0 Å². The first-order valence-electron chi connectivity index (χ1n) is 10.3. The number of nitrogens with zero attached hydrogens (tertiary/aromatic N) is 3. The van der Waals surface area contributed by atoms with Crippen LogP contribution in [0.25, 0.3) is 0 Å². The third-order valence-corrected chi connectivity index (χ3v) is 5.06. The van der Waals surface area contributed by atoms with Gasteiger partial charge in [0, 0.05) is 43.7 Å². The highest BCUT2D eigenvalue weighted by molar-refractivity contribution is 5.79. The van der Waals surface area contributed by atoms with Gasteiger partial charge in [-0.1, -0.05) is 19.0 Å². The molecule has 1 fully saturated rings. The Morgan fingerprint density at radius 2 is 2.00 bits per heavy atom. The van der Waals surface area contributed by atoms with Gasteiger partial charge in [-0.3, -0.25) is 4.90 Å². The molecular weight excluding hydrogens is 326 g/mol. The van der Waals surface area contributed by atoms with Gasteiger partial charge in [0.05, 0.1) is 5.69 Å². The molecule has 2 N–H and O–H groups in total. The van der Waals surface area contributed by atoms with Crippen LogP contribution in [0.15, 0.2) is 15.6 Å². The normalized spacial score (nSPS) is 15.3. The van der Waals surface area contributed by atoms with Crippen LogP contribution in [0, 0.1) is 0 Å². The fourth-order valence-electron chi connectivity index (χ4n) is 3.37. The molecule has 1 aliphatic rings. The first-order valence-corrected chi connectivity index (χ1v) is 10.3. The van der Waals surface area contributed by atoms with E-state index in [4.69, 9.17) is 4.52 Å². The van der Waals surface area contributed by atoms with Crippen LogP contribution in [0.3, 0.4) is 0 Å². The highest BCUT2D eigenvalue weighted by Crippen LogP contribution is 2.28. The molecule has 0 radical (unpaired) electrons. The molecule has 0 spiro atoms. The van der Waals surface area contributed by atoms with E-state index in [0.717, 1.165) is 55.9 Å². The van der Waals surface area contributed by atoms with Crippen LogP contribution in [0.4, 0.5) is 0 Å². The van der Waals surface area contributed by atoms with Crippen molar-refractivity contribution in [3.63, 3.8) is 0 Å². The summed E-state index contributed by atoms with van der Waals surface area (Å²) in [6.45, 7) is 14.3. The van der Waals surface area contributed by atoms with Crippen LogP contribution < -0.4 is 10.6 Å². The maximum Gasteiger partial charge on any atom is 0.191 e. The molecule has 1 aromatic heterocycles. The molecular formula is C20H37N5O. The van der Waals surface area contributed by atoms with Crippen LogP contribution in [0.5, 0.6) is 0 Å². The van der Waals surface area contributed by atoms with Crippen LogP contribution in [0.1, 0.15) is 77.7 Å². The lowest BCUT2D eigenvalue weighted by Gasteiger charge is -2.26. The molecule has 1 aliphatic carbocycles. The molecule has 26 heavy (non-hydrogen) atoms. The van der Waals surface area contributed by atoms with E-state index in [1.54, 1.807) is 0 Å². The van der Waals surface area contributed by atoms with Crippen LogP contribution >= 0.6 is 0 Å². The zero-order valence-electron chi connectivity index (χ0n) is 17.2. The maximum absolute atomic E-state index is 5.47. The molecule has 1 saturated carbocycles. The second-order valence-electron chi connectivity index (χ2n) is 7.42. The Bertz CT molecular complexity index is 544. The molecule has 1 aromatic rings. The van der Waals surface area contributed by atoms with Gasteiger partial charge in [0.25, 0.3) is 0 Å². The third-order valence-electron chi connectivity index (χ3n) is 5.06. The number of hydrogen-bond donors (Lipinski definition) is 2. The molecule has 1 heterocycles. The molecule has 0 atom stereocenters. The summed E-state index contributed by atoms with van der Waals surface area (Å²) in [5.74, 6) is 2.14. The molecule has 148 valence electrons. The van der Waals surface area contributed by atoms with Gasteiger partial charge in [-0.25, -0.2) is 4.99 Å². The van der Waals surface area contributed by atoms with Gasteiger partial charge in [-0.15, -0.1) is 0 Å². The van der Waals surface area contributed by atoms with Gasteiger partial charge < -0.3 is 15.2 Å². The molecule has 0 bridgehead atoms. The standard InChI is InChI=1S/C20H37N5O/c1-6-16(7-2)19-13-18(26-24-19)14-23-20(21-8-3)22-11-12-25(15(4)5)17-9-10-17/h13,15-17H,6-12,14H2,1-5H3,(H2,21,22,23). The lowest BCUT2D eigenvalue weighted by atomic mass is 9.99. The second kappa shape index (κ2) is 10.6. The summed E-state index contributed by atoms with van der Waals surface area (Å²) in [5, 5.41) is 11.0. The predicted octanol–water partition coefficient (Wildman–Crippen LogP) is 3.51. The number of aliphatic imine (C=N–C) groups is 1. The van der Waals surface area contributed by atoms with Crippen molar-refractivity contribution in [3.05, 3.63) is 17.5 Å². The molecule has 6 nitrogen and oxygen atoms in total. The van der Waals surface area contributed by atoms with Crippen LogP contribution in [0.2, 0.25) is 0 Å². The van der Waals surface area contributed by atoms with Crippen molar-refractivity contribution in [2.24, 2.45) is 4.99 Å². The largest absolute Gasteiger partial charge is 0.359 e. The Labute approximate surface area is 158 Å². The zero-order valence-corrected chi connectivity index (χ0v) is 17.2. The second-order valence-corrected chi connectivity index (χ2v) is 7.42. The lowest BCUT2D eigenvalue weighted by Crippen LogP contribution is -2.43. The van der Waals surface area contributed by atoms with Gasteiger partial charge >= 0.3 is 0 Å². The van der Waals surface area contributed by atoms with Gasteiger partial charge in [0.15, 0.2) is 11.7 Å². The van der Waals surface area contributed by atoms with Crippen molar-refractivity contribution < 1.29 is 4.52 Å². The minimum atomic E-state index is 0.479. The summed E-state index contributed by atoms with van der Waals surface area (Å²) in [6.07, 6.45) is 4.86. The fraction of sp³-hybridized carbons (Fsp3) is 0.800. The topological polar surface area (TPSA) is 65.7 Å². The molecule has 6 heteroatoms. The van der Waals surface area contributed by atoms with Crippen molar-refractivity contribution in [3.8, 4) is 0 Å². The van der Waals surface area contributed by atoms with Crippen molar-refractivity contribution >= 4 is 5.96 Å². The number of guanidine groups is 1. The van der Waals surface area contributed by atoms with E-state index in [1.807, 2.05) is 0 Å². The van der Waals surface area contributed by atoms with Crippen molar-refractivity contribution in [2.75, 3.05) is 19.6 Å². The van der Waals surface area contributed by atoms with E-state index in [2.05, 4.69) is 66.4 Å². The van der Waals surface area contributed by atoms with E-state index in [-0.39, 0.29) is 0 Å². The van der Waals surface area contributed by atoms with E-state index in [0.29, 0.717) is 18.5 Å². The van der Waals surface area contributed by atoms with E-state index >= 15 is 0 Å². The first-order chi connectivity index (χ1) is 12.6. The SMILES string of the molecule is CCNC(=NCc1cc(C(CC)CC)no1)NCCN(C(C)C)C1CC1. The average Bonchev–Trinajstić information content (AvgIpc) is 3.35. The molecule has 0 unspecified atom stereocenters. The quantitative estimate of drug-likeness (QED) is 0.465. The Hall–Kier alpha value is -1.56. The monoisotopic (exact) mass is 363 g/mol. The Morgan fingerprint density at radius 3 is 2.58 bits per heavy atom. The van der Waals surface area contributed by atoms with Gasteiger partial charge in [-0.2, -0.15) is 0 Å². The average molecular weight is 364 g/mol. The fourth-order valence-corrected chi connectivity index (χ4v) is 3.37. The maximum atomic E-state index is 5.47. The Kier molecular flexibility index (Phi) is 8.42. The number of aromatic nitrogens is 1. The highest BCUT2D eigenvalue weighted by Gasteiger charge is 2.30. The van der Waals surface area contributed by atoms with E-state index in [9.17, 15) is 0 Å². The molecule has 0 aliphatic heterocycles. The van der Waals surface area contributed by atoms with Crippen molar-refractivity contribution in [1.29, 1.82) is 0 Å². The highest BCUT2D eigenvalue weighted by atomic mass is 16.5. The smallest absolute Gasteiger partial charge is 0.191 e. The third kappa shape index (κ3) is 6.31. The van der Waals surface area contributed by atoms with Gasteiger partial charge in [0.1, 0.15) is 6.54 Å². The van der Waals surface area contributed by atoms with Crippen molar-refractivity contribution in [1.82, 2.24) is 20.7 Å². The molecule has 0 saturated heterocycles. The minimum absolute atomic E-state index is 0.479. The van der Waals surface area contributed by atoms with E-state index in [1.165, 1.54) is 12.8 Å². The minimum Gasteiger partial charge on any atom is -0.359 e. The summed E-state index contributed by atoms with van der Waals surface area (Å²) < 4.78 is 5.47. The van der Waals surface area contributed by atoms with E-state index < -0.39 is 0 Å². The zero-order chi connectivity index (χ0) is 18.9. The summed E-state index contributed by atoms with van der Waals surface area (Å²) >= 11 is 0. The summed E-state index contributed by atoms with van der Waals surface area (Å²) in [5.41, 5.74) is 1.05. The number of rotatable bonds is 11. The Morgan fingerprint density at radius 1 is 1.27 bits per heavy atom. The predicted molar refractivity (Wildman–Crippen MR) is 108 cm³/mol. The Balaban J connectivity index is 1.85. The lowest BCUT2D eigenvalue weighted by molar-refractivity contribution is 0.215. The summed E-state index contributed by atoms with van der Waals surface area (Å²) in [4.78, 5) is 7.23. The molecule has 0 aromatic carbocycles. The molecule has 0 amide bonds. The molecule has 2 rings (SSSR count).